The second-order valence-electron chi connectivity index (χ2n) is 5.51. The molecule has 21 heavy (non-hydrogen) atoms. The molecule has 1 unspecified atom stereocenters. The summed E-state index contributed by atoms with van der Waals surface area (Å²) in [4.78, 5) is 0. The van der Waals surface area contributed by atoms with Gasteiger partial charge >= 0.3 is 0 Å². The van der Waals surface area contributed by atoms with Crippen molar-refractivity contribution in [3.05, 3.63) is 84.6 Å². The monoisotopic (exact) mass is 277 g/mol. The number of nitrogens with zero attached hydrogens (tertiary/aromatic N) is 1. The highest BCUT2D eigenvalue weighted by Crippen LogP contribution is 2.29. The fourth-order valence-corrected chi connectivity index (χ4v) is 2.67. The molecule has 1 heterocycles. The van der Waals surface area contributed by atoms with Gasteiger partial charge in [-0.2, -0.15) is 0 Å². The maximum absolute atomic E-state index is 10.6. The molecule has 0 aliphatic rings. The predicted octanol–water partition coefficient (Wildman–Crippen LogP) is 4.08. The van der Waals surface area contributed by atoms with Crippen LogP contribution >= 0.6 is 0 Å². The number of hydrogen-bond acceptors (Lipinski definition) is 1. The molecule has 0 aliphatic heterocycles. The van der Waals surface area contributed by atoms with Crippen LogP contribution in [0.3, 0.4) is 0 Å². The van der Waals surface area contributed by atoms with Crippen LogP contribution < -0.4 is 0 Å². The summed E-state index contributed by atoms with van der Waals surface area (Å²) in [5.74, 6) is 0. The topological polar surface area (TPSA) is 25.2 Å². The highest BCUT2D eigenvalue weighted by Gasteiger charge is 2.24. The number of fused-ring (bicyclic) bond motifs is 1. The number of aliphatic hydroxyl groups is 1. The minimum Gasteiger partial charge on any atom is -0.380 e. The van der Waals surface area contributed by atoms with E-state index in [1.807, 2.05) is 36.4 Å². The molecule has 0 aliphatic carbocycles. The zero-order valence-electron chi connectivity index (χ0n) is 12.2. The fraction of sp³-hybridized carbons (Fsp3) is 0.158. The van der Waals surface area contributed by atoms with E-state index in [1.165, 1.54) is 5.56 Å². The zero-order valence-corrected chi connectivity index (χ0v) is 12.2. The molecule has 0 saturated heterocycles. The first-order valence-electron chi connectivity index (χ1n) is 7.10. The minimum absolute atomic E-state index is 0.730. The number of rotatable bonds is 4. The lowest BCUT2D eigenvalue weighted by atomic mass is 10.0. The van der Waals surface area contributed by atoms with Crippen molar-refractivity contribution in [2.24, 2.45) is 0 Å². The molecule has 1 N–H and O–H groups in total. The Hall–Kier alpha value is -2.32. The van der Waals surface area contributed by atoms with Crippen molar-refractivity contribution in [2.75, 3.05) is 0 Å². The highest BCUT2D eigenvalue weighted by atomic mass is 16.3. The van der Waals surface area contributed by atoms with E-state index in [-0.39, 0.29) is 0 Å². The maximum atomic E-state index is 10.6. The number of hydrogen-bond donors (Lipinski definition) is 1. The van der Waals surface area contributed by atoms with Gasteiger partial charge in [0.1, 0.15) is 5.60 Å². The molecule has 0 amide bonds. The van der Waals surface area contributed by atoms with E-state index < -0.39 is 5.60 Å². The smallest absolute Gasteiger partial charge is 0.120 e. The van der Waals surface area contributed by atoms with Crippen LogP contribution in [0.2, 0.25) is 0 Å². The summed E-state index contributed by atoms with van der Waals surface area (Å²) < 4.78 is 2.16. The molecule has 3 rings (SSSR count). The van der Waals surface area contributed by atoms with Gasteiger partial charge in [0.05, 0.1) is 5.69 Å². The SMILES string of the molecule is C=CC(C)(O)c1cc2ccccc2n1Cc1ccccc1. The molecule has 0 fully saturated rings. The Kier molecular flexibility index (Phi) is 3.40. The predicted molar refractivity (Wildman–Crippen MR) is 87.2 cm³/mol. The Bertz CT molecular complexity index is 769. The Morgan fingerprint density at radius 1 is 1.10 bits per heavy atom. The molecule has 2 nitrogen and oxygen atoms in total. The van der Waals surface area contributed by atoms with E-state index in [2.05, 4.69) is 35.4 Å². The summed E-state index contributed by atoms with van der Waals surface area (Å²) in [5, 5.41) is 11.7. The van der Waals surface area contributed by atoms with Crippen molar-refractivity contribution in [3.8, 4) is 0 Å². The van der Waals surface area contributed by atoms with Crippen molar-refractivity contribution in [1.82, 2.24) is 4.57 Å². The van der Waals surface area contributed by atoms with Crippen LogP contribution in [-0.2, 0) is 12.1 Å². The molecule has 0 bridgehead atoms. The molecule has 2 aromatic carbocycles. The quantitative estimate of drug-likeness (QED) is 0.714. The van der Waals surface area contributed by atoms with E-state index in [4.69, 9.17) is 0 Å². The van der Waals surface area contributed by atoms with Crippen LogP contribution in [0.5, 0.6) is 0 Å². The molecular weight excluding hydrogens is 258 g/mol. The number of para-hydroxylation sites is 1. The lowest BCUT2D eigenvalue weighted by Crippen LogP contribution is -2.22. The molecule has 106 valence electrons. The first-order valence-corrected chi connectivity index (χ1v) is 7.10. The Morgan fingerprint density at radius 3 is 2.48 bits per heavy atom. The third kappa shape index (κ3) is 2.50. The zero-order chi connectivity index (χ0) is 14.9. The van der Waals surface area contributed by atoms with Crippen LogP contribution in [-0.4, -0.2) is 9.67 Å². The van der Waals surface area contributed by atoms with Gasteiger partial charge in [-0.05, 0) is 30.0 Å². The molecular formula is C19H19NO. The van der Waals surface area contributed by atoms with Gasteiger partial charge in [-0.15, -0.1) is 0 Å². The van der Waals surface area contributed by atoms with E-state index in [0.29, 0.717) is 0 Å². The summed E-state index contributed by atoms with van der Waals surface area (Å²) in [6.45, 7) is 6.27. The third-order valence-corrected chi connectivity index (χ3v) is 3.91. The first kappa shape index (κ1) is 13.7. The second kappa shape index (κ2) is 5.23. The van der Waals surface area contributed by atoms with Crippen LogP contribution in [0.4, 0.5) is 0 Å². The molecule has 3 aromatic rings. The Labute approximate surface area is 125 Å². The van der Waals surface area contributed by atoms with Gasteiger partial charge in [-0.25, -0.2) is 0 Å². The van der Waals surface area contributed by atoms with Crippen molar-refractivity contribution < 1.29 is 5.11 Å². The van der Waals surface area contributed by atoms with Crippen molar-refractivity contribution in [1.29, 1.82) is 0 Å². The summed E-state index contributed by atoms with van der Waals surface area (Å²) >= 11 is 0. The average Bonchev–Trinajstić information content (AvgIpc) is 2.88. The lowest BCUT2D eigenvalue weighted by Gasteiger charge is -2.22. The number of aromatic nitrogens is 1. The maximum Gasteiger partial charge on any atom is 0.120 e. The minimum atomic E-state index is -1.05. The van der Waals surface area contributed by atoms with Crippen LogP contribution in [0, 0.1) is 0 Å². The second-order valence-corrected chi connectivity index (χ2v) is 5.51. The Balaban J connectivity index is 2.18. The van der Waals surface area contributed by atoms with Crippen LogP contribution in [0.1, 0.15) is 18.2 Å². The summed E-state index contributed by atoms with van der Waals surface area (Å²) in [6.07, 6.45) is 1.59. The van der Waals surface area contributed by atoms with Crippen molar-refractivity contribution >= 4 is 10.9 Å². The molecule has 0 spiro atoms. The lowest BCUT2D eigenvalue weighted by molar-refractivity contribution is 0.103. The summed E-state index contributed by atoms with van der Waals surface area (Å²) in [6, 6.07) is 20.5. The van der Waals surface area contributed by atoms with Crippen LogP contribution in [0.25, 0.3) is 10.9 Å². The van der Waals surface area contributed by atoms with Crippen molar-refractivity contribution in [3.63, 3.8) is 0 Å². The fourth-order valence-electron chi connectivity index (χ4n) is 2.67. The van der Waals surface area contributed by atoms with Gasteiger partial charge in [0.15, 0.2) is 0 Å². The van der Waals surface area contributed by atoms with Gasteiger partial charge in [0, 0.05) is 12.1 Å². The van der Waals surface area contributed by atoms with E-state index in [9.17, 15) is 5.11 Å². The van der Waals surface area contributed by atoms with Gasteiger partial charge in [0.2, 0.25) is 0 Å². The highest BCUT2D eigenvalue weighted by molar-refractivity contribution is 5.81. The Morgan fingerprint density at radius 2 is 1.76 bits per heavy atom. The number of benzene rings is 2. The summed E-state index contributed by atoms with van der Waals surface area (Å²) in [5.41, 5.74) is 2.15. The van der Waals surface area contributed by atoms with E-state index in [1.54, 1.807) is 13.0 Å². The molecule has 1 aromatic heterocycles. The van der Waals surface area contributed by atoms with Gasteiger partial charge in [-0.1, -0.05) is 61.2 Å². The van der Waals surface area contributed by atoms with Crippen LogP contribution in [0.15, 0.2) is 73.3 Å². The molecule has 0 radical (unpaired) electrons. The molecule has 2 heteroatoms. The molecule has 1 atom stereocenters. The van der Waals surface area contributed by atoms with E-state index in [0.717, 1.165) is 23.1 Å². The van der Waals surface area contributed by atoms with Crippen molar-refractivity contribution in [2.45, 2.75) is 19.1 Å². The third-order valence-electron chi connectivity index (χ3n) is 3.91. The van der Waals surface area contributed by atoms with E-state index >= 15 is 0 Å². The summed E-state index contributed by atoms with van der Waals surface area (Å²) in [7, 11) is 0. The van der Waals surface area contributed by atoms with Gasteiger partial charge < -0.3 is 9.67 Å². The average molecular weight is 277 g/mol. The van der Waals surface area contributed by atoms with Gasteiger partial charge in [-0.3, -0.25) is 0 Å². The molecule has 0 saturated carbocycles. The van der Waals surface area contributed by atoms with Gasteiger partial charge in [0.25, 0.3) is 0 Å². The first-order chi connectivity index (χ1) is 10.1. The normalized spacial score (nSPS) is 14.0. The largest absolute Gasteiger partial charge is 0.380 e. The standard InChI is InChI=1S/C19H19NO/c1-3-19(2,21)18-13-16-11-7-8-12-17(16)20(18)14-15-9-5-4-6-10-15/h3-13,21H,1,14H2,2H3.